The van der Waals surface area contributed by atoms with Gasteiger partial charge in [0, 0.05) is 38.6 Å². The van der Waals surface area contributed by atoms with Crippen molar-refractivity contribution in [1.29, 1.82) is 0 Å². The average molecular weight is 412 g/mol. The molecule has 2 aliphatic heterocycles. The van der Waals surface area contributed by atoms with E-state index in [4.69, 9.17) is 9.47 Å². The normalized spacial score (nSPS) is 24.1. The number of carbonyl (C=O) groups excluding carboxylic acids is 2. The lowest BCUT2D eigenvalue weighted by molar-refractivity contribution is -0.147. The minimum absolute atomic E-state index is 0.0251. The smallest absolute Gasteiger partial charge is 0.311 e. The molecule has 2 aliphatic rings. The van der Waals surface area contributed by atoms with Crippen LogP contribution in [0.25, 0.3) is 0 Å². The summed E-state index contributed by atoms with van der Waals surface area (Å²) in [6.07, 6.45) is 4.31. The Morgan fingerprint density at radius 3 is 2.77 bits per heavy atom. The molecule has 3 atom stereocenters. The van der Waals surface area contributed by atoms with E-state index in [0.717, 1.165) is 17.9 Å². The Kier molecular flexibility index (Phi) is 6.15. The van der Waals surface area contributed by atoms with Gasteiger partial charge in [-0.2, -0.15) is 0 Å². The van der Waals surface area contributed by atoms with E-state index in [0.29, 0.717) is 32.7 Å². The SMILES string of the molecule is COCCn1ccnc1CN1CC(=O)N2[C@@H](C[C@H](C(=O)OC)[C@@H]2c2ccccc2)C1. The number of aromatic nitrogens is 2. The zero-order chi connectivity index (χ0) is 21.1. The van der Waals surface area contributed by atoms with E-state index in [2.05, 4.69) is 14.5 Å². The predicted molar refractivity (Wildman–Crippen MR) is 109 cm³/mol. The summed E-state index contributed by atoms with van der Waals surface area (Å²) >= 11 is 0. The van der Waals surface area contributed by atoms with Crippen LogP contribution in [0.1, 0.15) is 23.9 Å². The van der Waals surface area contributed by atoms with Crippen molar-refractivity contribution >= 4 is 11.9 Å². The van der Waals surface area contributed by atoms with Crippen molar-refractivity contribution in [3.8, 4) is 0 Å². The number of hydrogen-bond acceptors (Lipinski definition) is 6. The van der Waals surface area contributed by atoms with Crippen LogP contribution in [0.5, 0.6) is 0 Å². The van der Waals surface area contributed by atoms with Crippen LogP contribution in [0.4, 0.5) is 0 Å². The Labute approximate surface area is 176 Å². The predicted octanol–water partition coefficient (Wildman–Crippen LogP) is 1.48. The number of methoxy groups -OCH3 is 2. The summed E-state index contributed by atoms with van der Waals surface area (Å²) in [4.78, 5) is 34.2. The van der Waals surface area contributed by atoms with Crippen molar-refractivity contribution in [3.63, 3.8) is 0 Å². The lowest BCUT2D eigenvalue weighted by Gasteiger charge is -2.40. The number of rotatable bonds is 7. The first kappa shape index (κ1) is 20.6. The highest BCUT2D eigenvalue weighted by Gasteiger charge is 2.50. The van der Waals surface area contributed by atoms with Crippen molar-refractivity contribution in [2.24, 2.45) is 5.92 Å². The fourth-order valence-electron chi connectivity index (χ4n) is 4.74. The second-order valence-corrected chi connectivity index (χ2v) is 7.87. The minimum atomic E-state index is -0.352. The summed E-state index contributed by atoms with van der Waals surface area (Å²) in [6.45, 7) is 2.94. The van der Waals surface area contributed by atoms with Gasteiger partial charge in [-0.25, -0.2) is 4.98 Å². The summed E-state index contributed by atoms with van der Waals surface area (Å²) in [7, 11) is 3.09. The van der Waals surface area contributed by atoms with Crippen LogP contribution in [-0.2, 0) is 32.2 Å². The summed E-state index contributed by atoms with van der Waals surface area (Å²) < 4.78 is 12.3. The van der Waals surface area contributed by atoms with Crippen molar-refractivity contribution < 1.29 is 19.1 Å². The van der Waals surface area contributed by atoms with Gasteiger partial charge in [0.05, 0.1) is 38.8 Å². The first-order valence-corrected chi connectivity index (χ1v) is 10.3. The quantitative estimate of drug-likeness (QED) is 0.641. The number of hydrogen-bond donors (Lipinski definition) is 0. The van der Waals surface area contributed by atoms with E-state index < -0.39 is 0 Å². The van der Waals surface area contributed by atoms with Gasteiger partial charge in [-0.1, -0.05) is 30.3 Å². The molecule has 0 spiro atoms. The second kappa shape index (κ2) is 8.97. The number of ether oxygens (including phenoxy) is 2. The summed E-state index contributed by atoms with van der Waals surface area (Å²) in [5.41, 5.74) is 0.979. The third-order valence-electron chi connectivity index (χ3n) is 6.06. The Hall–Kier alpha value is -2.71. The van der Waals surface area contributed by atoms with Crippen molar-refractivity contribution in [3.05, 3.63) is 54.1 Å². The summed E-state index contributed by atoms with van der Waals surface area (Å²) in [5, 5.41) is 0. The fourth-order valence-corrected chi connectivity index (χ4v) is 4.74. The van der Waals surface area contributed by atoms with E-state index in [1.807, 2.05) is 41.4 Å². The molecule has 0 saturated carbocycles. The van der Waals surface area contributed by atoms with Crippen molar-refractivity contribution in [2.45, 2.75) is 31.6 Å². The number of carbonyl (C=O) groups is 2. The van der Waals surface area contributed by atoms with Crippen molar-refractivity contribution in [1.82, 2.24) is 19.4 Å². The molecular formula is C22H28N4O4. The van der Waals surface area contributed by atoms with Crippen LogP contribution < -0.4 is 0 Å². The largest absolute Gasteiger partial charge is 0.469 e. The molecule has 160 valence electrons. The molecular weight excluding hydrogens is 384 g/mol. The molecule has 0 N–H and O–H groups in total. The molecule has 3 heterocycles. The molecule has 0 aliphatic carbocycles. The molecule has 2 saturated heterocycles. The molecule has 2 aromatic rings. The van der Waals surface area contributed by atoms with E-state index in [1.54, 1.807) is 13.3 Å². The zero-order valence-corrected chi connectivity index (χ0v) is 17.4. The minimum Gasteiger partial charge on any atom is -0.469 e. The molecule has 30 heavy (non-hydrogen) atoms. The summed E-state index contributed by atoms with van der Waals surface area (Å²) in [5.74, 6) is 0.347. The zero-order valence-electron chi connectivity index (χ0n) is 17.4. The number of imidazole rings is 1. The highest BCUT2D eigenvalue weighted by molar-refractivity contribution is 5.83. The lowest BCUT2D eigenvalue weighted by atomic mass is 9.93. The second-order valence-electron chi connectivity index (χ2n) is 7.87. The van der Waals surface area contributed by atoms with E-state index in [-0.39, 0.29) is 29.9 Å². The third-order valence-corrected chi connectivity index (χ3v) is 6.06. The van der Waals surface area contributed by atoms with Gasteiger partial charge in [-0.3, -0.25) is 14.5 Å². The topological polar surface area (TPSA) is 76.9 Å². The molecule has 0 radical (unpaired) electrons. The monoisotopic (exact) mass is 412 g/mol. The Bertz CT molecular complexity index is 884. The molecule has 0 bridgehead atoms. The van der Waals surface area contributed by atoms with E-state index in [1.165, 1.54) is 7.11 Å². The Morgan fingerprint density at radius 1 is 1.23 bits per heavy atom. The third kappa shape index (κ3) is 3.97. The average Bonchev–Trinajstić information content (AvgIpc) is 3.36. The van der Waals surface area contributed by atoms with Crippen LogP contribution in [-0.4, -0.2) is 71.2 Å². The van der Waals surface area contributed by atoms with Gasteiger partial charge in [0.15, 0.2) is 0 Å². The standard InChI is InChI=1S/C22H28N4O4/c1-29-11-10-25-9-8-23-19(25)14-24-13-17-12-18(22(28)30-2)21(26(17)20(27)15-24)16-6-4-3-5-7-16/h3-9,17-18,21H,10-15H2,1-2H3/t17-,18-,21-/m0/s1. The number of amides is 1. The molecule has 2 fully saturated rings. The number of esters is 1. The molecule has 1 aromatic heterocycles. The van der Waals surface area contributed by atoms with Gasteiger partial charge in [-0.05, 0) is 12.0 Å². The van der Waals surface area contributed by atoms with E-state index in [9.17, 15) is 9.59 Å². The van der Waals surface area contributed by atoms with Gasteiger partial charge in [0.1, 0.15) is 5.82 Å². The van der Waals surface area contributed by atoms with Crippen LogP contribution in [0.15, 0.2) is 42.7 Å². The Morgan fingerprint density at radius 2 is 2.03 bits per heavy atom. The molecule has 8 nitrogen and oxygen atoms in total. The van der Waals surface area contributed by atoms with E-state index >= 15 is 0 Å². The molecule has 1 amide bonds. The molecule has 4 rings (SSSR count). The van der Waals surface area contributed by atoms with Gasteiger partial charge in [0.25, 0.3) is 0 Å². The fraction of sp³-hybridized carbons (Fsp3) is 0.500. The summed E-state index contributed by atoms with van der Waals surface area (Å²) in [6, 6.07) is 9.48. The van der Waals surface area contributed by atoms with Crippen LogP contribution >= 0.6 is 0 Å². The van der Waals surface area contributed by atoms with Gasteiger partial charge in [0.2, 0.25) is 5.91 Å². The molecule has 1 aromatic carbocycles. The highest BCUT2D eigenvalue weighted by Crippen LogP contribution is 2.43. The highest BCUT2D eigenvalue weighted by atomic mass is 16.5. The lowest BCUT2D eigenvalue weighted by Crippen LogP contribution is -2.54. The van der Waals surface area contributed by atoms with Crippen LogP contribution in [0.2, 0.25) is 0 Å². The number of piperazine rings is 1. The van der Waals surface area contributed by atoms with Gasteiger partial charge in [-0.15, -0.1) is 0 Å². The van der Waals surface area contributed by atoms with Gasteiger partial charge >= 0.3 is 5.97 Å². The maximum atomic E-state index is 13.2. The van der Waals surface area contributed by atoms with Crippen LogP contribution in [0.3, 0.4) is 0 Å². The maximum Gasteiger partial charge on any atom is 0.311 e. The van der Waals surface area contributed by atoms with Crippen LogP contribution in [0, 0.1) is 5.92 Å². The first-order valence-electron chi connectivity index (χ1n) is 10.3. The number of nitrogens with zero attached hydrogens (tertiary/aromatic N) is 4. The Balaban J connectivity index is 1.53. The van der Waals surface area contributed by atoms with Gasteiger partial charge < -0.3 is 18.9 Å². The number of benzene rings is 1. The number of fused-ring (bicyclic) bond motifs is 1. The maximum absolute atomic E-state index is 13.2. The first-order chi connectivity index (χ1) is 14.6. The van der Waals surface area contributed by atoms with Crippen molar-refractivity contribution in [2.75, 3.05) is 33.9 Å². The molecule has 8 heteroatoms. The molecule has 0 unspecified atom stereocenters.